The van der Waals surface area contributed by atoms with E-state index >= 15 is 0 Å². The number of benzene rings is 1. The minimum Gasteiger partial charge on any atom is -0.493 e. The van der Waals surface area contributed by atoms with Gasteiger partial charge in [0, 0.05) is 5.56 Å². The predicted octanol–water partition coefficient (Wildman–Crippen LogP) is 2.89. The summed E-state index contributed by atoms with van der Waals surface area (Å²) in [5.41, 5.74) is 1.41. The lowest BCUT2D eigenvalue weighted by atomic mass is 10.0. The van der Waals surface area contributed by atoms with Crippen molar-refractivity contribution in [3.63, 3.8) is 0 Å². The van der Waals surface area contributed by atoms with Crippen LogP contribution < -0.4 is 4.74 Å². The van der Waals surface area contributed by atoms with E-state index < -0.39 is 5.82 Å². The molecule has 0 saturated heterocycles. The van der Waals surface area contributed by atoms with Crippen LogP contribution in [-0.2, 0) is 22.4 Å². The molecule has 18 heavy (non-hydrogen) atoms. The van der Waals surface area contributed by atoms with Crippen LogP contribution in [0.1, 0.15) is 31.4 Å². The van der Waals surface area contributed by atoms with Crippen molar-refractivity contribution in [2.45, 2.75) is 33.1 Å². The molecule has 1 rings (SSSR count). The van der Waals surface area contributed by atoms with Crippen LogP contribution in [0.3, 0.4) is 0 Å². The molecule has 0 heterocycles. The molecular formula is C14H19FO3. The first-order valence-corrected chi connectivity index (χ1v) is 6.13. The average molecular weight is 254 g/mol. The van der Waals surface area contributed by atoms with Gasteiger partial charge in [0.1, 0.15) is 0 Å². The average Bonchev–Trinajstić information content (AvgIpc) is 2.29. The summed E-state index contributed by atoms with van der Waals surface area (Å²) < 4.78 is 23.7. The molecule has 0 unspecified atom stereocenters. The molecule has 0 spiro atoms. The molecule has 0 aliphatic heterocycles. The monoisotopic (exact) mass is 254 g/mol. The van der Waals surface area contributed by atoms with E-state index in [-0.39, 0.29) is 18.1 Å². The Labute approximate surface area is 107 Å². The summed E-state index contributed by atoms with van der Waals surface area (Å²) in [7, 11) is 1.40. The number of hydrogen-bond donors (Lipinski definition) is 0. The third-order valence-electron chi connectivity index (χ3n) is 2.56. The van der Waals surface area contributed by atoms with E-state index in [1.807, 2.05) is 13.0 Å². The van der Waals surface area contributed by atoms with E-state index in [1.54, 1.807) is 6.92 Å². The Hall–Kier alpha value is -1.58. The molecular weight excluding hydrogens is 235 g/mol. The Bertz CT molecular complexity index is 416. The van der Waals surface area contributed by atoms with Crippen molar-refractivity contribution in [2.75, 3.05) is 13.7 Å². The number of carbonyl (C=O) groups is 1. The molecule has 0 aliphatic rings. The predicted molar refractivity (Wildman–Crippen MR) is 67.3 cm³/mol. The van der Waals surface area contributed by atoms with Gasteiger partial charge in [0.25, 0.3) is 0 Å². The lowest BCUT2D eigenvalue weighted by molar-refractivity contribution is -0.142. The van der Waals surface area contributed by atoms with Gasteiger partial charge >= 0.3 is 5.97 Å². The summed E-state index contributed by atoms with van der Waals surface area (Å²) in [6, 6.07) is 3.26. The van der Waals surface area contributed by atoms with Crippen molar-refractivity contribution in [2.24, 2.45) is 0 Å². The van der Waals surface area contributed by atoms with Gasteiger partial charge in [-0.2, -0.15) is 0 Å². The summed E-state index contributed by atoms with van der Waals surface area (Å²) in [5.74, 6) is -0.672. The van der Waals surface area contributed by atoms with Gasteiger partial charge in [-0.15, -0.1) is 0 Å². The third-order valence-corrected chi connectivity index (χ3v) is 2.56. The van der Waals surface area contributed by atoms with Crippen LogP contribution in [-0.4, -0.2) is 19.7 Å². The number of esters is 1. The van der Waals surface area contributed by atoms with Gasteiger partial charge in [-0.1, -0.05) is 19.4 Å². The number of aryl methyl sites for hydroxylation is 1. The van der Waals surface area contributed by atoms with Crippen molar-refractivity contribution in [3.05, 3.63) is 29.1 Å². The molecule has 0 aromatic heterocycles. The number of halogens is 1. The van der Waals surface area contributed by atoms with Gasteiger partial charge in [-0.05, 0) is 25.0 Å². The third kappa shape index (κ3) is 3.72. The van der Waals surface area contributed by atoms with Gasteiger partial charge < -0.3 is 9.47 Å². The second-order valence-electron chi connectivity index (χ2n) is 4.00. The van der Waals surface area contributed by atoms with E-state index in [0.29, 0.717) is 12.2 Å². The fourth-order valence-corrected chi connectivity index (χ4v) is 1.87. The molecule has 0 atom stereocenters. The second kappa shape index (κ2) is 6.99. The molecule has 0 aliphatic carbocycles. The summed E-state index contributed by atoms with van der Waals surface area (Å²) in [4.78, 5) is 11.5. The van der Waals surface area contributed by atoms with Crippen molar-refractivity contribution in [1.82, 2.24) is 0 Å². The van der Waals surface area contributed by atoms with Crippen LogP contribution in [0.2, 0.25) is 0 Å². The highest BCUT2D eigenvalue weighted by Gasteiger charge is 2.15. The zero-order valence-corrected chi connectivity index (χ0v) is 11.1. The Morgan fingerprint density at radius 2 is 2.06 bits per heavy atom. The lowest BCUT2D eigenvalue weighted by Crippen LogP contribution is -2.09. The number of methoxy groups -OCH3 is 1. The molecule has 0 bridgehead atoms. The Balaban J connectivity index is 3.01. The zero-order chi connectivity index (χ0) is 13.5. The first-order chi connectivity index (χ1) is 8.62. The summed E-state index contributed by atoms with van der Waals surface area (Å²) in [5, 5.41) is 0. The van der Waals surface area contributed by atoms with Crippen molar-refractivity contribution in [3.8, 4) is 5.75 Å². The Morgan fingerprint density at radius 3 is 2.61 bits per heavy atom. The smallest absolute Gasteiger partial charge is 0.310 e. The normalized spacial score (nSPS) is 10.2. The zero-order valence-electron chi connectivity index (χ0n) is 11.1. The number of rotatable bonds is 6. The summed E-state index contributed by atoms with van der Waals surface area (Å²) in [6.45, 7) is 4.08. The fourth-order valence-electron chi connectivity index (χ4n) is 1.87. The van der Waals surface area contributed by atoms with Crippen molar-refractivity contribution < 1.29 is 18.7 Å². The molecule has 1 aromatic carbocycles. The highest BCUT2D eigenvalue weighted by atomic mass is 19.1. The number of ether oxygens (including phenoxy) is 2. The van der Waals surface area contributed by atoms with E-state index in [9.17, 15) is 9.18 Å². The Kier molecular flexibility index (Phi) is 5.62. The van der Waals surface area contributed by atoms with E-state index in [2.05, 4.69) is 0 Å². The van der Waals surface area contributed by atoms with Crippen LogP contribution >= 0.6 is 0 Å². The SMILES string of the molecule is CCCc1cc(F)c(OC)c(CC(=O)OCC)c1. The summed E-state index contributed by atoms with van der Waals surface area (Å²) in [6.07, 6.45) is 1.73. The molecule has 0 amide bonds. The minimum atomic E-state index is -0.428. The molecule has 0 N–H and O–H groups in total. The minimum absolute atomic E-state index is 0.0332. The van der Waals surface area contributed by atoms with Gasteiger partial charge in [0.15, 0.2) is 11.6 Å². The van der Waals surface area contributed by atoms with Gasteiger partial charge in [0.05, 0.1) is 20.1 Å². The largest absolute Gasteiger partial charge is 0.493 e. The maximum absolute atomic E-state index is 13.8. The maximum atomic E-state index is 13.8. The standard InChI is InChI=1S/C14H19FO3/c1-4-6-10-7-11(9-13(16)18-5-2)14(17-3)12(15)8-10/h7-8H,4-6,9H2,1-3H3. The molecule has 3 nitrogen and oxygen atoms in total. The molecule has 1 aromatic rings. The maximum Gasteiger partial charge on any atom is 0.310 e. The second-order valence-corrected chi connectivity index (χ2v) is 4.00. The van der Waals surface area contributed by atoms with Crippen LogP contribution in [0, 0.1) is 5.82 Å². The Morgan fingerprint density at radius 1 is 1.33 bits per heavy atom. The first kappa shape index (κ1) is 14.5. The molecule has 0 radical (unpaired) electrons. The topological polar surface area (TPSA) is 35.5 Å². The highest BCUT2D eigenvalue weighted by Crippen LogP contribution is 2.26. The molecule has 0 fully saturated rings. The molecule has 4 heteroatoms. The van der Waals surface area contributed by atoms with Crippen LogP contribution in [0.15, 0.2) is 12.1 Å². The first-order valence-electron chi connectivity index (χ1n) is 6.13. The quantitative estimate of drug-likeness (QED) is 0.732. The van der Waals surface area contributed by atoms with Gasteiger partial charge in [0.2, 0.25) is 0 Å². The van der Waals surface area contributed by atoms with E-state index in [0.717, 1.165) is 18.4 Å². The van der Waals surface area contributed by atoms with Crippen LogP contribution in [0.25, 0.3) is 0 Å². The van der Waals surface area contributed by atoms with Crippen LogP contribution in [0.5, 0.6) is 5.75 Å². The van der Waals surface area contributed by atoms with Gasteiger partial charge in [-0.25, -0.2) is 4.39 Å². The van der Waals surface area contributed by atoms with Crippen molar-refractivity contribution in [1.29, 1.82) is 0 Å². The van der Waals surface area contributed by atoms with Gasteiger partial charge in [-0.3, -0.25) is 4.79 Å². The number of hydrogen-bond acceptors (Lipinski definition) is 3. The number of carbonyl (C=O) groups excluding carboxylic acids is 1. The summed E-state index contributed by atoms with van der Waals surface area (Å²) >= 11 is 0. The lowest BCUT2D eigenvalue weighted by Gasteiger charge is -2.11. The van der Waals surface area contributed by atoms with Crippen LogP contribution in [0.4, 0.5) is 4.39 Å². The molecule has 0 saturated carbocycles. The molecule has 100 valence electrons. The highest BCUT2D eigenvalue weighted by molar-refractivity contribution is 5.73. The van der Waals surface area contributed by atoms with E-state index in [1.165, 1.54) is 13.2 Å². The van der Waals surface area contributed by atoms with Crippen molar-refractivity contribution >= 4 is 5.97 Å². The van der Waals surface area contributed by atoms with E-state index in [4.69, 9.17) is 9.47 Å². The fraction of sp³-hybridized carbons (Fsp3) is 0.500.